The number of nitrogens with one attached hydrogen (secondary N) is 1. The summed E-state index contributed by atoms with van der Waals surface area (Å²) in [6, 6.07) is 8.37. The third kappa shape index (κ3) is 4.27. The van der Waals surface area contributed by atoms with Crippen molar-refractivity contribution in [1.82, 2.24) is 5.32 Å². The number of rotatable bonds is 5. The standard InChI is InChI=1S/C13H16N2O2/c1-2-6-11(14)13(17)15-9-12(16)10-7-4-3-5-8-10/h1,3-5,7-8,11-12,16H,6,9,14H2,(H,15,17). The Balaban J connectivity index is 2.41. The summed E-state index contributed by atoms with van der Waals surface area (Å²) in [5.74, 6) is 1.97. The number of terminal acetylenes is 1. The molecule has 2 atom stereocenters. The van der Waals surface area contributed by atoms with E-state index >= 15 is 0 Å². The second-order valence-electron chi connectivity index (χ2n) is 3.69. The van der Waals surface area contributed by atoms with E-state index in [1.165, 1.54) is 0 Å². The maximum absolute atomic E-state index is 11.4. The van der Waals surface area contributed by atoms with Crippen LogP contribution in [-0.4, -0.2) is 23.6 Å². The van der Waals surface area contributed by atoms with Gasteiger partial charge >= 0.3 is 0 Å². The molecule has 2 unspecified atom stereocenters. The molecule has 0 saturated carbocycles. The molecule has 1 amide bonds. The molecule has 1 aromatic rings. The molecule has 1 aromatic carbocycles. The first-order chi connectivity index (χ1) is 8.15. The highest BCUT2D eigenvalue weighted by Crippen LogP contribution is 2.10. The Morgan fingerprint density at radius 1 is 1.47 bits per heavy atom. The highest BCUT2D eigenvalue weighted by atomic mass is 16.3. The molecule has 0 saturated heterocycles. The van der Waals surface area contributed by atoms with Crippen molar-refractivity contribution in [1.29, 1.82) is 0 Å². The maximum atomic E-state index is 11.4. The Hall–Kier alpha value is -1.83. The minimum atomic E-state index is -0.738. The summed E-state index contributed by atoms with van der Waals surface area (Å²) < 4.78 is 0. The van der Waals surface area contributed by atoms with Crippen molar-refractivity contribution in [3.63, 3.8) is 0 Å². The number of nitrogens with two attached hydrogens (primary N) is 1. The molecule has 0 spiro atoms. The van der Waals surface area contributed by atoms with Crippen LogP contribution in [0.3, 0.4) is 0 Å². The quantitative estimate of drug-likeness (QED) is 0.634. The van der Waals surface area contributed by atoms with Gasteiger partial charge in [0.05, 0.1) is 12.1 Å². The Morgan fingerprint density at radius 2 is 2.12 bits per heavy atom. The molecule has 0 aliphatic heterocycles. The molecule has 0 aromatic heterocycles. The van der Waals surface area contributed by atoms with Gasteiger partial charge < -0.3 is 16.2 Å². The van der Waals surface area contributed by atoms with E-state index in [-0.39, 0.29) is 18.9 Å². The summed E-state index contributed by atoms with van der Waals surface area (Å²) in [7, 11) is 0. The van der Waals surface area contributed by atoms with Gasteiger partial charge in [-0.05, 0) is 5.56 Å². The Morgan fingerprint density at radius 3 is 2.71 bits per heavy atom. The van der Waals surface area contributed by atoms with E-state index in [0.717, 1.165) is 5.56 Å². The molecule has 0 fully saturated rings. The number of aliphatic hydroxyl groups is 1. The lowest BCUT2D eigenvalue weighted by Gasteiger charge is -2.14. The number of aliphatic hydroxyl groups excluding tert-OH is 1. The number of carbonyl (C=O) groups excluding carboxylic acids is 1. The zero-order valence-electron chi connectivity index (χ0n) is 9.47. The molecule has 0 bridgehead atoms. The minimum Gasteiger partial charge on any atom is -0.387 e. The van der Waals surface area contributed by atoms with Gasteiger partial charge in [-0.15, -0.1) is 12.3 Å². The Labute approximate surface area is 101 Å². The predicted octanol–water partition coefficient (Wildman–Crippen LogP) is 0.187. The smallest absolute Gasteiger partial charge is 0.238 e. The molecule has 4 N–H and O–H groups in total. The van der Waals surface area contributed by atoms with Crippen LogP contribution < -0.4 is 11.1 Å². The molecule has 4 heteroatoms. The second-order valence-corrected chi connectivity index (χ2v) is 3.69. The molecule has 0 radical (unpaired) electrons. The normalized spacial score (nSPS) is 13.5. The molecular formula is C13H16N2O2. The van der Waals surface area contributed by atoms with E-state index in [2.05, 4.69) is 11.2 Å². The molecular weight excluding hydrogens is 216 g/mol. The van der Waals surface area contributed by atoms with Gasteiger partial charge in [-0.3, -0.25) is 4.79 Å². The van der Waals surface area contributed by atoms with Gasteiger partial charge in [0.25, 0.3) is 0 Å². The first-order valence-electron chi connectivity index (χ1n) is 5.35. The van der Waals surface area contributed by atoms with Crippen molar-refractivity contribution in [2.75, 3.05) is 6.54 Å². The van der Waals surface area contributed by atoms with Gasteiger partial charge in [-0.2, -0.15) is 0 Å². The van der Waals surface area contributed by atoms with Crippen LogP contribution in [0.2, 0.25) is 0 Å². The monoisotopic (exact) mass is 232 g/mol. The molecule has 90 valence electrons. The summed E-state index contributed by atoms with van der Waals surface area (Å²) >= 11 is 0. The lowest BCUT2D eigenvalue weighted by atomic mass is 10.1. The summed E-state index contributed by atoms with van der Waals surface area (Å²) in [6.07, 6.45) is 4.50. The van der Waals surface area contributed by atoms with Crippen molar-refractivity contribution in [2.24, 2.45) is 5.73 Å². The van der Waals surface area contributed by atoms with E-state index in [9.17, 15) is 9.90 Å². The lowest BCUT2D eigenvalue weighted by molar-refractivity contribution is -0.122. The van der Waals surface area contributed by atoms with Crippen molar-refractivity contribution in [3.05, 3.63) is 35.9 Å². The van der Waals surface area contributed by atoms with Crippen molar-refractivity contribution in [3.8, 4) is 12.3 Å². The molecule has 17 heavy (non-hydrogen) atoms. The number of hydrogen-bond acceptors (Lipinski definition) is 3. The van der Waals surface area contributed by atoms with E-state index in [1.54, 1.807) is 12.1 Å². The lowest BCUT2D eigenvalue weighted by Crippen LogP contribution is -2.41. The van der Waals surface area contributed by atoms with Crippen LogP contribution in [0.1, 0.15) is 18.1 Å². The number of hydrogen-bond donors (Lipinski definition) is 3. The third-order valence-electron chi connectivity index (χ3n) is 2.33. The van der Waals surface area contributed by atoms with Gasteiger partial charge in [0, 0.05) is 13.0 Å². The van der Waals surface area contributed by atoms with Gasteiger partial charge in [-0.1, -0.05) is 30.3 Å². The number of benzene rings is 1. The second kappa shape index (κ2) is 6.69. The fourth-order valence-corrected chi connectivity index (χ4v) is 1.34. The zero-order chi connectivity index (χ0) is 12.7. The number of carbonyl (C=O) groups is 1. The van der Waals surface area contributed by atoms with Gasteiger partial charge in [-0.25, -0.2) is 0 Å². The molecule has 0 aliphatic carbocycles. The van der Waals surface area contributed by atoms with E-state index in [0.29, 0.717) is 0 Å². The Kier molecular flexibility index (Phi) is 5.21. The predicted molar refractivity (Wildman–Crippen MR) is 65.8 cm³/mol. The van der Waals surface area contributed by atoms with Crippen molar-refractivity contribution < 1.29 is 9.90 Å². The molecule has 0 heterocycles. The summed E-state index contributed by atoms with van der Waals surface area (Å²) in [4.78, 5) is 11.4. The molecule has 4 nitrogen and oxygen atoms in total. The summed E-state index contributed by atoms with van der Waals surface area (Å²) in [6.45, 7) is 0.126. The molecule has 0 aliphatic rings. The van der Waals surface area contributed by atoms with E-state index in [1.807, 2.05) is 18.2 Å². The topological polar surface area (TPSA) is 75.4 Å². The highest BCUT2D eigenvalue weighted by molar-refractivity contribution is 5.81. The van der Waals surface area contributed by atoms with Crippen LogP contribution in [-0.2, 0) is 4.79 Å². The van der Waals surface area contributed by atoms with Crippen molar-refractivity contribution >= 4 is 5.91 Å². The minimum absolute atomic E-state index is 0.126. The maximum Gasteiger partial charge on any atom is 0.238 e. The van der Waals surface area contributed by atoms with Gasteiger partial charge in [0.2, 0.25) is 5.91 Å². The highest BCUT2D eigenvalue weighted by Gasteiger charge is 2.14. The summed E-state index contributed by atoms with van der Waals surface area (Å²) in [5, 5.41) is 12.3. The van der Waals surface area contributed by atoms with Crippen molar-refractivity contribution in [2.45, 2.75) is 18.6 Å². The first kappa shape index (κ1) is 13.2. The van der Waals surface area contributed by atoms with E-state index in [4.69, 9.17) is 12.2 Å². The largest absolute Gasteiger partial charge is 0.387 e. The SMILES string of the molecule is C#CCC(N)C(=O)NCC(O)c1ccccc1. The van der Waals surface area contributed by atoms with Crippen LogP contribution in [0.4, 0.5) is 0 Å². The van der Waals surface area contributed by atoms with Gasteiger partial charge in [0.15, 0.2) is 0 Å². The van der Waals surface area contributed by atoms with Crippen LogP contribution >= 0.6 is 0 Å². The fourth-order valence-electron chi connectivity index (χ4n) is 1.34. The number of amides is 1. The van der Waals surface area contributed by atoms with Crippen LogP contribution in [0.15, 0.2) is 30.3 Å². The van der Waals surface area contributed by atoms with Gasteiger partial charge in [0.1, 0.15) is 0 Å². The first-order valence-corrected chi connectivity index (χ1v) is 5.35. The fraction of sp³-hybridized carbons (Fsp3) is 0.308. The zero-order valence-corrected chi connectivity index (χ0v) is 9.47. The van der Waals surface area contributed by atoms with Crippen LogP contribution in [0.25, 0.3) is 0 Å². The summed E-state index contributed by atoms with van der Waals surface area (Å²) in [5.41, 5.74) is 6.26. The van der Waals surface area contributed by atoms with Crippen LogP contribution in [0.5, 0.6) is 0 Å². The third-order valence-corrected chi connectivity index (χ3v) is 2.33. The average Bonchev–Trinajstić information content (AvgIpc) is 2.36. The van der Waals surface area contributed by atoms with Crippen LogP contribution in [0, 0.1) is 12.3 Å². The average molecular weight is 232 g/mol. The Bertz CT molecular complexity index is 398. The molecule has 1 rings (SSSR count). The van der Waals surface area contributed by atoms with E-state index < -0.39 is 12.1 Å².